The molecule has 0 radical (unpaired) electrons. The van der Waals surface area contributed by atoms with Gasteiger partial charge in [-0.05, 0) is 37.8 Å². The molecule has 2 aromatic rings. The van der Waals surface area contributed by atoms with Crippen LogP contribution >= 0.6 is 22.9 Å². The number of esters is 1. The number of hydrogen-bond acceptors (Lipinski definition) is 6. The Morgan fingerprint density at radius 1 is 1.54 bits per heavy atom. The fourth-order valence-corrected chi connectivity index (χ4v) is 3.40. The van der Waals surface area contributed by atoms with Crippen molar-refractivity contribution in [3.05, 3.63) is 39.5 Å². The van der Waals surface area contributed by atoms with Crippen LogP contribution in [0.5, 0.6) is 0 Å². The Morgan fingerprint density at radius 3 is 2.96 bits per heavy atom. The zero-order valence-corrected chi connectivity index (χ0v) is 17.4. The summed E-state index contributed by atoms with van der Waals surface area (Å²) in [6.45, 7) is 6.06. The fourth-order valence-electron chi connectivity index (χ4n) is 2.34. The first-order chi connectivity index (χ1) is 13.4. The molecule has 28 heavy (non-hydrogen) atoms. The maximum Gasteiger partial charge on any atom is 0.331 e. The largest absolute Gasteiger partial charge is 0.449 e. The van der Waals surface area contributed by atoms with Crippen molar-refractivity contribution in [3.63, 3.8) is 0 Å². The Morgan fingerprint density at radius 2 is 2.29 bits per heavy atom. The molecule has 2 heterocycles. The first-order valence-electron chi connectivity index (χ1n) is 8.77. The zero-order chi connectivity index (χ0) is 20.7. The number of nitrogens with one attached hydrogen (secondary N) is 1. The van der Waals surface area contributed by atoms with E-state index in [0.717, 1.165) is 12.8 Å². The molecule has 1 N–H and O–H groups in total. The number of amides is 1. The summed E-state index contributed by atoms with van der Waals surface area (Å²) in [5.74, 6) is -1.19. The van der Waals surface area contributed by atoms with Gasteiger partial charge in [-0.1, -0.05) is 24.9 Å². The molecule has 2 rings (SSSR count). The van der Waals surface area contributed by atoms with E-state index in [2.05, 4.69) is 17.3 Å². The number of aryl methyl sites for hydroxylation is 2. The minimum atomic E-state index is -1.02. The molecule has 0 saturated carbocycles. The van der Waals surface area contributed by atoms with Crippen LogP contribution in [0.15, 0.2) is 17.5 Å². The number of halogens is 1. The first kappa shape index (κ1) is 21.7. The zero-order valence-electron chi connectivity index (χ0n) is 15.9. The number of anilines is 1. The highest BCUT2D eigenvalue weighted by Gasteiger charge is 2.19. The van der Waals surface area contributed by atoms with Gasteiger partial charge >= 0.3 is 5.97 Å². The van der Waals surface area contributed by atoms with Gasteiger partial charge in [0.1, 0.15) is 16.2 Å². The minimum absolute atomic E-state index is 0.363. The summed E-state index contributed by atoms with van der Waals surface area (Å²) in [5, 5.41) is 18.5. The molecule has 0 fully saturated rings. The van der Waals surface area contributed by atoms with Crippen molar-refractivity contribution >= 4 is 45.9 Å². The van der Waals surface area contributed by atoms with E-state index < -0.39 is 18.0 Å². The van der Waals surface area contributed by atoms with Crippen LogP contribution in [0.25, 0.3) is 6.08 Å². The van der Waals surface area contributed by atoms with Crippen molar-refractivity contribution in [2.75, 3.05) is 5.32 Å². The van der Waals surface area contributed by atoms with Crippen LogP contribution in [0.3, 0.4) is 0 Å². The van der Waals surface area contributed by atoms with Gasteiger partial charge < -0.3 is 10.1 Å². The van der Waals surface area contributed by atoms with E-state index >= 15 is 0 Å². The lowest BCUT2D eigenvalue weighted by molar-refractivity contribution is -0.148. The van der Waals surface area contributed by atoms with Crippen LogP contribution in [0.4, 0.5) is 5.00 Å². The lowest BCUT2D eigenvalue weighted by Crippen LogP contribution is -2.29. The molecule has 0 unspecified atom stereocenters. The number of rotatable bonds is 8. The summed E-state index contributed by atoms with van der Waals surface area (Å²) in [4.78, 5) is 24.2. The van der Waals surface area contributed by atoms with Gasteiger partial charge in [-0.25, -0.2) is 4.79 Å². The Balaban J connectivity index is 1.97. The molecule has 148 valence electrons. The van der Waals surface area contributed by atoms with E-state index in [0.29, 0.717) is 33.5 Å². The van der Waals surface area contributed by atoms with Gasteiger partial charge in [0.15, 0.2) is 6.10 Å². The molecular weight excluding hydrogens is 400 g/mol. The summed E-state index contributed by atoms with van der Waals surface area (Å²) >= 11 is 7.55. The van der Waals surface area contributed by atoms with Gasteiger partial charge in [0.05, 0.1) is 11.3 Å². The molecule has 0 bridgehead atoms. The smallest absolute Gasteiger partial charge is 0.331 e. The lowest BCUT2D eigenvalue weighted by Gasteiger charge is -2.11. The Kier molecular flexibility index (Phi) is 7.79. The van der Waals surface area contributed by atoms with Gasteiger partial charge in [0.2, 0.25) is 0 Å². The van der Waals surface area contributed by atoms with Crippen LogP contribution in [0, 0.1) is 18.3 Å². The molecule has 7 nitrogen and oxygen atoms in total. The number of nitriles is 1. The number of carbonyl (C=O) groups excluding carboxylic acids is 2. The van der Waals surface area contributed by atoms with Crippen molar-refractivity contribution in [1.29, 1.82) is 5.26 Å². The average molecular weight is 421 g/mol. The molecule has 0 saturated heterocycles. The predicted molar refractivity (Wildman–Crippen MR) is 109 cm³/mol. The topological polar surface area (TPSA) is 97.0 Å². The Bertz CT molecular complexity index is 926. The molecule has 9 heteroatoms. The van der Waals surface area contributed by atoms with Crippen LogP contribution in [0.1, 0.15) is 43.5 Å². The molecule has 1 amide bonds. The summed E-state index contributed by atoms with van der Waals surface area (Å²) in [6, 6.07) is 3.58. The van der Waals surface area contributed by atoms with E-state index in [1.165, 1.54) is 30.4 Å². The fraction of sp³-hybridized carbons (Fsp3) is 0.368. The molecule has 1 atom stereocenters. The number of nitrogens with zero attached hydrogens (tertiary/aromatic N) is 3. The van der Waals surface area contributed by atoms with E-state index in [9.17, 15) is 9.59 Å². The molecule has 0 aliphatic heterocycles. The predicted octanol–water partition coefficient (Wildman–Crippen LogP) is 4.16. The number of thiophene rings is 1. The number of ether oxygens (including phenoxy) is 1. The van der Waals surface area contributed by atoms with E-state index in [4.69, 9.17) is 21.6 Å². The van der Waals surface area contributed by atoms with Crippen molar-refractivity contribution in [3.8, 4) is 6.07 Å². The highest BCUT2D eigenvalue weighted by molar-refractivity contribution is 7.14. The average Bonchev–Trinajstić information content (AvgIpc) is 3.22. The highest BCUT2D eigenvalue weighted by Crippen LogP contribution is 2.23. The monoisotopic (exact) mass is 420 g/mol. The summed E-state index contributed by atoms with van der Waals surface area (Å²) in [6.07, 6.45) is 3.71. The number of aromatic nitrogens is 2. The molecule has 0 aromatic carbocycles. The van der Waals surface area contributed by atoms with Crippen LogP contribution in [-0.2, 0) is 20.9 Å². The van der Waals surface area contributed by atoms with Crippen LogP contribution < -0.4 is 5.32 Å². The van der Waals surface area contributed by atoms with E-state index in [-0.39, 0.29) is 0 Å². The van der Waals surface area contributed by atoms with Gasteiger partial charge in [-0.3, -0.25) is 9.48 Å². The minimum Gasteiger partial charge on any atom is -0.449 e. The van der Waals surface area contributed by atoms with Gasteiger partial charge in [-0.2, -0.15) is 10.4 Å². The maximum atomic E-state index is 12.2. The molecular formula is C19H21ClN4O3S. The van der Waals surface area contributed by atoms with Crippen LogP contribution in [-0.4, -0.2) is 27.8 Å². The van der Waals surface area contributed by atoms with Crippen LogP contribution in [0.2, 0.25) is 5.15 Å². The summed E-state index contributed by atoms with van der Waals surface area (Å²) in [5.41, 5.74) is 1.71. The number of hydrogen-bond donors (Lipinski definition) is 1. The van der Waals surface area contributed by atoms with Crippen molar-refractivity contribution in [2.45, 2.75) is 46.3 Å². The van der Waals surface area contributed by atoms with E-state index in [1.54, 1.807) is 16.1 Å². The van der Waals surface area contributed by atoms with Gasteiger partial charge in [-0.15, -0.1) is 11.3 Å². The van der Waals surface area contributed by atoms with Crippen molar-refractivity contribution in [1.82, 2.24) is 9.78 Å². The van der Waals surface area contributed by atoms with Gasteiger partial charge in [0, 0.05) is 18.2 Å². The Labute approximate surface area is 172 Å². The first-order valence-corrected chi connectivity index (χ1v) is 10.0. The maximum absolute atomic E-state index is 12.2. The lowest BCUT2D eigenvalue weighted by atomic mass is 10.2. The van der Waals surface area contributed by atoms with E-state index in [1.807, 2.05) is 13.0 Å². The third kappa shape index (κ3) is 5.44. The van der Waals surface area contributed by atoms with Crippen molar-refractivity contribution in [2.24, 2.45) is 0 Å². The molecule has 0 spiro atoms. The second-order valence-electron chi connectivity index (χ2n) is 6.04. The third-order valence-electron chi connectivity index (χ3n) is 3.90. The second kappa shape index (κ2) is 10.1. The number of carbonyl (C=O) groups is 2. The van der Waals surface area contributed by atoms with Crippen molar-refractivity contribution < 1.29 is 14.3 Å². The number of unbranched alkanes of at least 4 members (excludes halogenated alkanes) is 1. The quantitative estimate of drug-likeness (QED) is 0.510. The highest BCUT2D eigenvalue weighted by atomic mass is 35.5. The molecule has 0 aliphatic carbocycles. The standard InChI is InChI=1S/C19H21ClN4O3S/c1-4-5-9-24-17(20)15(12(2)23-24)6-7-16(25)27-13(3)18(26)22-19-14(11-21)8-10-28-19/h6-8,10,13H,4-5,9H2,1-3H3,(H,22,26)/b7-6+/t13-/m1/s1. The third-order valence-corrected chi connectivity index (χ3v) is 5.13. The Hall–Kier alpha value is -2.63. The SMILES string of the molecule is CCCCn1nc(C)c(/C=C/C(=O)O[C@H](C)C(=O)Nc2sccc2C#N)c1Cl. The molecule has 2 aromatic heterocycles. The summed E-state index contributed by atoms with van der Waals surface area (Å²) < 4.78 is 6.82. The van der Waals surface area contributed by atoms with Gasteiger partial charge in [0.25, 0.3) is 5.91 Å². The summed E-state index contributed by atoms with van der Waals surface area (Å²) in [7, 11) is 0. The normalized spacial score (nSPS) is 12.0. The second-order valence-corrected chi connectivity index (χ2v) is 7.32. The molecule has 0 aliphatic rings.